The fraction of sp³-hybridized carbons (Fsp3) is 0.250. The molecule has 2 heterocycles. The zero-order valence-corrected chi connectivity index (χ0v) is 13.8. The molecular formula is C16H18FN5S. The summed E-state index contributed by atoms with van der Waals surface area (Å²) in [5.41, 5.74) is 8.37. The number of halogens is 1. The molecule has 5 nitrogen and oxygen atoms in total. The Morgan fingerprint density at radius 3 is 2.87 bits per heavy atom. The van der Waals surface area contributed by atoms with E-state index < -0.39 is 0 Å². The van der Waals surface area contributed by atoms with Crippen LogP contribution in [-0.4, -0.2) is 28.2 Å². The molecule has 1 aromatic carbocycles. The maximum atomic E-state index is 13.4. The van der Waals surface area contributed by atoms with E-state index in [0.717, 1.165) is 39.1 Å². The summed E-state index contributed by atoms with van der Waals surface area (Å²) in [5.74, 6) is 0.459. The van der Waals surface area contributed by atoms with Gasteiger partial charge in [0.1, 0.15) is 10.7 Å². The molecule has 7 heteroatoms. The highest BCUT2D eigenvalue weighted by molar-refractivity contribution is 7.99. The molecule has 0 saturated carbocycles. The summed E-state index contributed by atoms with van der Waals surface area (Å²) in [7, 11) is 1.81. The molecule has 3 aromatic rings. The fourth-order valence-electron chi connectivity index (χ4n) is 2.43. The molecular weight excluding hydrogens is 313 g/mol. The summed E-state index contributed by atoms with van der Waals surface area (Å²) in [6.45, 7) is 2.49. The SMILES string of the molecule is CNc1nn2c(CCN)cc(C)nc2c1Sc1cccc(F)c1. The van der Waals surface area contributed by atoms with Crippen molar-refractivity contribution in [1.29, 1.82) is 0 Å². The topological polar surface area (TPSA) is 68.2 Å². The van der Waals surface area contributed by atoms with Gasteiger partial charge in [-0.05, 0) is 37.7 Å². The highest BCUT2D eigenvalue weighted by Gasteiger charge is 2.17. The van der Waals surface area contributed by atoms with Crippen LogP contribution in [0.3, 0.4) is 0 Å². The van der Waals surface area contributed by atoms with Gasteiger partial charge in [-0.1, -0.05) is 17.8 Å². The fourth-order valence-corrected chi connectivity index (χ4v) is 3.44. The average Bonchev–Trinajstić information content (AvgIpc) is 2.86. The molecule has 0 spiro atoms. The summed E-state index contributed by atoms with van der Waals surface area (Å²) >= 11 is 1.45. The van der Waals surface area contributed by atoms with E-state index in [1.54, 1.807) is 6.07 Å². The van der Waals surface area contributed by atoms with E-state index in [2.05, 4.69) is 15.4 Å². The third-order valence-corrected chi connectivity index (χ3v) is 4.47. The summed E-state index contributed by atoms with van der Waals surface area (Å²) in [4.78, 5) is 6.29. The van der Waals surface area contributed by atoms with Crippen molar-refractivity contribution in [2.75, 3.05) is 18.9 Å². The lowest BCUT2D eigenvalue weighted by Gasteiger charge is -2.05. The van der Waals surface area contributed by atoms with Crippen LogP contribution in [0.1, 0.15) is 11.4 Å². The third-order valence-electron chi connectivity index (χ3n) is 3.40. The molecule has 120 valence electrons. The minimum Gasteiger partial charge on any atom is -0.371 e. The molecule has 0 aliphatic carbocycles. The predicted molar refractivity (Wildman–Crippen MR) is 90.6 cm³/mol. The Bertz CT molecular complexity index is 846. The quantitative estimate of drug-likeness (QED) is 0.752. The Balaban J connectivity index is 2.14. The molecule has 0 amide bonds. The van der Waals surface area contributed by atoms with Gasteiger partial charge in [-0.15, -0.1) is 5.10 Å². The zero-order valence-electron chi connectivity index (χ0n) is 13.0. The van der Waals surface area contributed by atoms with Gasteiger partial charge in [0.15, 0.2) is 11.5 Å². The lowest BCUT2D eigenvalue weighted by atomic mass is 10.2. The van der Waals surface area contributed by atoms with Crippen molar-refractivity contribution in [3.05, 3.63) is 47.5 Å². The first-order valence-corrected chi connectivity index (χ1v) is 8.14. The summed E-state index contributed by atoms with van der Waals surface area (Å²) < 4.78 is 15.3. The van der Waals surface area contributed by atoms with E-state index in [-0.39, 0.29) is 5.82 Å². The second-order valence-corrected chi connectivity index (χ2v) is 6.23. The van der Waals surface area contributed by atoms with E-state index in [0.29, 0.717) is 6.54 Å². The Morgan fingerprint density at radius 2 is 2.17 bits per heavy atom. The van der Waals surface area contributed by atoms with Crippen molar-refractivity contribution < 1.29 is 4.39 Å². The number of hydrogen-bond donors (Lipinski definition) is 2. The van der Waals surface area contributed by atoms with E-state index in [1.807, 2.05) is 30.6 Å². The molecule has 0 unspecified atom stereocenters. The molecule has 0 saturated heterocycles. The Hall–Kier alpha value is -2.12. The first-order valence-electron chi connectivity index (χ1n) is 7.33. The van der Waals surface area contributed by atoms with Crippen molar-refractivity contribution in [3.8, 4) is 0 Å². The second kappa shape index (κ2) is 6.55. The van der Waals surface area contributed by atoms with Crippen LogP contribution >= 0.6 is 11.8 Å². The Morgan fingerprint density at radius 1 is 1.35 bits per heavy atom. The van der Waals surface area contributed by atoms with Crippen LogP contribution in [0.25, 0.3) is 5.65 Å². The minimum atomic E-state index is -0.259. The Labute approximate surface area is 138 Å². The van der Waals surface area contributed by atoms with Crippen molar-refractivity contribution >= 4 is 23.2 Å². The van der Waals surface area contributed by atoms with Crippen LogP contribution in [0.4, 0.5) is 10.2 Å². The Kier molecular flexibility index (Phi) is 4.49. The van der Waals surface area contributed by atoms with Gasteiger partial charge in [-0.2, -0.15) is 0 Å². The van der Waals surface area contributed by atoms with Crippen LogP contribution < -0.4 is 11.1 Å². The van der Waals surface area contributed by atoms with Gasteiger partial charge in [0, 0.05) is 29.8 Å². The van der Waals surface area contributed by atoms with Gasteiger partial charge in [0.2, 0.25) is 0 Å². The zero-order chi connectivity index (χ0) is 16.4. The number of anilines is 1. The lowest BCUT2D eigenvalue weighted by Crippen LogP contribution is -2.09. The van der Waals surface area contributed by atoms with E-state index in [9.17, 15) is 4.39 Å². The number of nitrogens with one attached hydrogen (secondary N) is 1. The number of fused-ring (bicyclic) bond motifs is 1. The van der Waals surface area contributed by atoms with Crippen LogP contribution in [0, 0.1) is 12.7 Å². The highest BCUT2D eigenvalue weighted by Crippen LogP contribution is 2.36. The van der Waals surface area contributed by atoms with Crippen LogP contribution in [-0.2, 0) is 6.42 Å². The largest absolute Gasteiger partial charge is 0.371 e. The van der Waals surface area contributed by atoms with Crippen LogP contribution in [0.15, 0.2) is 40.1 Å². The van der Waals surface area contributed by atoms with E-state index >= 15 is 0 Å². The first kappa shape index (κ1) is 15.8. The summed E-state index contributed by atoms with van der Waals surface area (Å²) in [5, 5.41) is 7.67. The monoisotopic (exact) mass is 331 g/mol. The first-order chi connectivity index (χ1) is 11.1. The molecule has 0 bridgehead atoms. The van der Waals surface area contributed by atoms with Gasteiger partial charge < -0.3 is 11.1 Å². The van der Waals surface area contributed by atoms with Crippen molar-refractivity contribution in [2.24, 2.45) is 5.73 Å². The second-order valence-electron chi connectivity index (χ2n) is 5.15. The minimum absolute atomic E-state index is 0.259. The van der Waals surface area contributed by atoms with Crippen molar-refractivity contribution in [1.82, 2.24) is 14.6 Å². The molecule has 0 atom stereocenters. The highest BCUT2D eigenvalue weighted by atomic mass is 32.2. The number of rotatable bonds is 5. The van der Waals surface area contributed by atoms with E-state index in [4.69, 9.17) is 5.73 Å². The van der Waals surface area contributed by atoms with Crippen molar-refractivity contribution in [2.45, 2.75) is 23.1 Å². The molecule has 0 fully saturated rings. The van der Waals surface area contributed by atoms with Gasteiger partial charge in [0.25, 0.3) is 0 Å². The number of hydrogen-bond acceptors (Lipinski definition) is 5. The number of nitrogens with zero attached hydrogens (tertiary/aromatic N) is 3. The molecule has 23 heavy (non-hydrogen) atoms. The van der Waals surface area contributed by atoms with Crippen LogP contribution in [0.5, 0.6) is 0 Å². The van der Waals surface area contributed by atoms with Gasteiger partial charge in [-0.25, -0.2) is 13.9 Å². The molecule has 3 rings (SSSR count). The normalized spacial score (nSPS) is 11.1. The summed E-state index contributed by atoms with van der Waals surface area (Å²) in [6.07, 6.45) is 0.717. The number of aryl methyl sites for hydroxylation is 1. The molecule has 2 aromatic heterocycles. The van der Waals surface area contributed by atoms with Gasteiger partial charge in [0.05, 0.1) is 0 Å². The van der Waals surface area contributed by atoms with Gasteiger partial charge in [-0.3, -0.25) is 0 Å². The number of aromatic nitrogens is 3. The van der Waals surface area contributed by atoms with E-state index in [1.165, 1.54) is 23.9 Å². The maximum absolute atomic E-state index is 13.4. The van der Waals surface area contributed by atoms with Gasteiger partial charge >= 0.3 is 0 Å². The average molecular weight is 331 g/mol. The molecule has 0 radical (unpaired) electrons. The predicted octanol–water partition coefficient (Wildman–Crippen LogP) is 2.87. The lowest BCUT2D eigenvalue weighted by molar-refractivity contribution is 0.624. The number of benzene rings is 1. The third kappa shape index (κ3) is 3.16. The van der Waals surface area contributed by atoms with Crippen molar-refractivity contribution in [3.63, 3.8) is 0 Å². The standard InChI is InChI=1S/C16H18FN5S/c1-10-8-12(6-7-18)22-16(20-10)14(15(19-2)21-22)23-13-5-3-4-11(17)9-13/h3-5,8-9H,6-7,18H2,1-2H3,(H,19,21). The molecule has 0 aliphatic rings. The maximum Gasteiger partial charge on any atom is 0.171 e. The summed E-state index contributed by atoms with van der Waals surface area (Å²) in [6, 6.07) is 8.49. The smallest absolute Gasteiger partial charge is 0.171 e. The number of nitrogens with two attached hydrogens (primary N) is 1. The molecule has 0 aliphatic heterocycles. The van der Waals surface area contributed by atoms with Crippen LogP contribution in [0.2, 0.25) is 0 Å². The molecule has 3 N–H and O–H groups in total.